The van der Waals surface area contributed by atoms with Crippen molar-refractivity contribution < 1.29 is 28.6 Å². The van der Waals surface area contributed by atoms with Crippen LogP contribution < -0.4 is 0 Å². The van der Waals surface area contributed by atoms with E-state index in [9.17, 15) is 19.6 Å². The number of nitriles is 1. The third-order valence-electron chi connectivity index (χ3n) is 9.32. The van der Waals surface area contributed by atoms with Crippen molar-refractivity contribution in [3.05, 3.63) is 0 Å². The zero-order valence-corrected chi connectivity index (χ0v) is 20.2. The molecule has 1 saturated heterocycles. The molecule has 7 atom stereocenters. The van der Waals surface area contributed by atoms with Crippen molar-refractivity contribution in [3.63, 3.8) is 0 Å². The number of hydrogen-bond donors (Lipinski definition) is 0. The fourth-order valence-corrected chi connectivity index (χ4v) is 6.55. The molecule has 1 spiro atoms. The third kappa shape index (κ3) is 2.87. The SMILES string of the molecule is CCC(C)(C)CC(C)(C(=O)OCC(=O)OC1C2OC(=O)C3(C#N)CC4CC41C23)C(C)(C)C. The predicted octanol–water partition coefficient (Wildman–Crippen LogP) is 3.80. The summed E-state index contributed by atoms with van der Waals surface area (Å²) in [5.41, 5.74) is -2.55. The van der Waals surface area contributed by atoms with Crippen LogP contribution in [0.3, 0.4) is 0 Å². The van der Waals surface area contributed by atoms with E-state index in [0.29, 0.717) is 12.8 Å². The first-order chi connectivity index (χ1) is 14.7. The molecule has 0 amide bonds. The van der Waals surface area contributed by atoms with Crippen LogP contribution >= 0.6 is 0 Å². The van der Waals surface area contributed by atoms with Crippen LogP contribution in [0.15, 0.2) is 0 Å². The van der Waals surface area contributed by atoms with E-state index in [-0.39, 0.29) is 28.1 Å². The lowest BCUT2D eigenvalue weighted by atomic mass is 9.59. The zero-order valence-electron chi connectivity index (χ0n) is 20.2. The molecule has 0 radical (unpaired) electrons. The fraction of sp³-hybridized carbons (Fsp3) is 0.840. The third-order valence-corrected chi connectivity index (χ3v) is 9.32. The second-order valence-corrected chi connectivity index (χ2v) is 12.4. The van der Waals surface area contributed by atoms with Crippen LogP contribution in [0.4, 0.5) is 0 Å². The van der Waals surface area contributed by atoms with Crippen LogP contribution in [0.1, 0.15) is 74.1 Å². The molecule has 0 N–H and O–H groups in total. The lowest BCUT2D eigenvalue weighted by Crippen LogP contribution is -2.59. The second-order valence-electron chi connectivity index (χ2n) is 12.4. The maximum Gasteiger partial charge on any atom is 0.344 e. The highest BCUT2D eigenvalue weighted by atomic mass is 16.6. The van der Waals surface area contributed by atoms with Gasteiger partial charge in [-0.2, -0.15) is 5.26 Å². The minimum atomic E-state index is -1.07. The molecule has 0 aromatic heterocycles. The van der Waals surface area contributed by atoms with Gasteiger partial charge in [0, 0.05) is 11.3 Å². The Hall–Kier alpha value is -2.10. The largest absolute Gasteiger partial charge is 0.457 e. The molecule has 4 aliphatic rings. The molecule has 4 fully saturated rings. The van der Waals surface area contributed by atoms with Crippen molar-refractivity contribution in [1.82, 2.24) is 0 Å². The molecular weight excluding hydrogens is 410 g/mol. The first-order valence-corrected chi connectivity index (χ1v) is 11.7. The summed E-state index contributed by atoms with van der Waals surface area (Å²) in [6, 6.07) is 2.19. The van der Waals surface area contributed by atoms with Crippen molar-refractivity contribution >= 4 is 17.9 Å². The Labute approximate surface area is 190 Å². The summed E-state index contributed by atoms with van der Waals surface area (Å²) in [6.45, 7) is 13.8. The van der Waals surface area contributed by atoms with Crippen LogP contribution in [-0.2, 0) is 28.6 Å². The number of esters is 3. The van der Waals surface area contributed by atoms with Gasteiger partial charge in [-0.15, -0.1) is 0 Å². The molecule has 7 nitrogen and oxygen atoms in total. The van der Waals surface area contributed by atoms with Gasteiger partial charge in [0.05, 0.1) is 11.5 Å². The number of nitrogens with zero attached hydrogens (tertiary/aromatic N) is 1. The van der Waals surface area contributed by atoms with Gasteiger partial charge in [0.1, 0.15) is 12.2 Å². The summed E-state index contributed by atoms with van der Waals surface area (Å²) in [5, 5.41) is 9.61. The molecule has 7 heteroatoms. The summed E-state index contributed by atoms with van der Waals surface area (Å²) in [5.74, 6) is -1.49. The predicted molar refractivity (Wildman–Crippen MR) is 114 cm³/mol. The lowest BCUT2D eigenvalue weighted by Gasteiger charge is -2.47. The van der Waals surface area contributed by atoms with E-state index in [1.165, 1.54) is 0 Å². The van der Waals surface area contributed by atoms with Gasteiger partial charge in [0.2, 0.25) is 0 Å². The van der Waals surface area contributed by atoms with E-state index in [1.807, 2.05) is 27.7 Å². The molecule has 32 heavy (non-hydrogen) atoms. The lowest BCUT2D eigenvalue weighted by molar-refractivity contribution is -0.203. The molecule has 0 aromatic rings. The first kappa shape index (κ1) is 23.1. The van der Waals surface area contributed by atoms with Gasteiger partial charge in [0.25, 0.3) is 0 Å². The molecule has 0 aromatic carbocycles. The summed E-state index contributed by atoms with van der Waals surface area (Å²) in [6.07, 6.45) is 1.80. The fourth-order valence-electron chi connectivity index (χ4n) is 6.55. The first-order valence-electron chi connectivity index (χ1n) is 11.7. The summed E-state index contributed by atoms with van der Waals surface area (Å²) in [7, 11) is 0. The van der Waals surface area contributed by atoms with Crippen molar-refractivity contribution in [2.45, 2.75) is 86.4 Å². The normalized spacial score (nSPS) is 38.4. The number of carbonyl (C=O) groups is 3. The van der Waals surface area contributed by atoms with E-state index < -0.39 is 47.6 Å². The van der Waals surface area contributed by atoms with E-state index in [0.717, 1.165) is 12.8 Å². The molecule has 3 saturated carbocycles. The number of hydrogen-bond acceptors (Lipinski definition) is 7. The molecule has 176 valence electrons. The maximum absolute atomic E-state index is 13.1. The zero-order chi connectivity index (χ0) is 23.9. The van der Waals surface area contributed by atoms with Crippen molar-refractivity contribution in [1.29, 1.82) is 5.26 Å². The second kappa shape index (κ2) is 6.71. The van der Waals surface area contributed by atoms with E-state index in [2.05, 4.69) is 26.8 Å². The van der Waals surface area contributed by atoms with E-state index in [4.69, 9.17) is 14.2 Å². The van der Waals surface area contributed by atoms with Crippen LogP contribution in [0.2, 0.25) is 0 Å². The Morgan fingerprint density at radius 3 is 2.41 bits per heavy atom. The Kier molecular flexibility index (Phi) is 4.84. The van der Waals surface area contributed by atoms with Gasteiger partial charge < -0.3 is 14.2 Å². The molecular formula is C25H35NO6. The van der Waals surface area contributed by atoms with Crippen LogP contribution in [0, 0.1) is 50.2 Å². The van der Waals surface area contributed by atoms with E-state index in [1.54, 1.807) is 0 Å². The average molecular weight is 446 g/mol. The minimum Gasteiger partial charge on any atom is -0.457 e. The van der Waals surface area contributed by atoms with Gasteiger partial charge in [0.15, 0.2) is 12.0 Å². The number of rotatable bonds is 7. The average Bonchev–Trinajstić information content (AvgIpc) is 3.27. The molecule has 4 rings (SSSR count). The van der Waals surface area contributed by atoms with Crippen LogP contribution in [-0.4, -0.2) is 36.7 Å². The molecule has 1 heterocycles. The summed E-state index contributed by atoms with van der Waals surface area (Å²) < 4.78 is 16.6. The van der Waals surface area contributed by atoms with Crippen LogP contribution in [0.5, 0.6) is 0 Å². The Morgan fingerprint density at radius 2 is 1.84 bits per heavy atom. The van der Waals surface area contributed by atoms with Gasteiger partial charge in [-0.3, -0.25) is 9.59 Å². The topological polar surface area (TPSA) is 103 Å². The maximum atomic E-state index is 13.1. The molecule has 7 unspecified atom stereocenters. The van der Waals surface area contributed by atoms with Gasteiger partial charge >= 0.3 is 17.9 Å². The van der Waals surface area contributed by atoms with Gasteiger partial charge in [-0.05, 0) is 42.9 Å². The van der Waals surface area contributed by atoms with Crippen LogP contribution in [0.25, 0.3) is 0 Å². The molecule has 3 aliphatic carbocycles. The standard InChI is InChI=1S/C25H35NO6/c1-8-22(5,6)12-23(7,21(2,3)4)19(28)30-11-15(27)31-18-16-17-24(13-26,20(29)32-16)9-14-10-25(14,17)18/h14,16-18H,8-12H2,1-7H3. The monoisotopic (exact) mass is 445 g/mol. The Morgan fingerprint density at radius 1 is 1.19 bits per heavy atom. The van der Waals surface area contributed by atoms with Crippen molar-refractivity contribution in [3.8, 4) is 6.07 Å². The molecule has 1 aliphatic heterocycles. The van der Waals surface area contributed by atoms with Gasteiger partial charge in [-0.1, -0.05) is 48.0 Å². The summed E-state index contributed by atoms with van der Waals surface area (Å²) in [4.78, 5) is 38.1. The highest BCUT2D eigenvalue weighted by Crippen LogP contribution is 2.84. The highest BCUT2D eigenvalue weighted by Gasteiger charge is 2.91. The quantitative estimate of drug-likeness (QED) is 0.434. The Bertz CT molecular complexity index is 912. The van der Waals surface area contributed by atoms with Crippen molar-refractivity contribution in [2.24, 2.45) is 38.9 Å². The van der Waals surface area contributed by atoms with E-state index >= 15 is 0 Å². The minimum absolute atomic E-state index is 0.0509. The Balaban J connectivity index is 1.39. The number of carbonyl (C=O) groups excluding carboxylic acids is 3. The van der Waals surface area contributed by atoms with Crippen molar-refractivity contribution in [2.75, 3.05) is 6.61 Å². The van der Waals surface area contributed by atoms with Gasteiger partial charge in [-0.25, -0.2) is 4.79 Å². The molecule has 0 bridgehead atoms. The highest BCUT2D eigenvalue weighted by molar-refractivity contribution is 5.86. The smallest absolute Gasteiger partial charge is 0.344 e. The number of ether oxygens (including phenoxy) is 3. The summed E-state index contributed by atoms with van der Waals surface area (Å²) >= 11 is 0.